The monoisotopic (exact) mass is 244 g/mol. The second kappa shape index (κ2) is 4.61. The van der Waals surface area contributed by atoms with Crippen LogP contribution in [-0.4, -0.2) is 17.3 Å². The van der Waals surface area contributed by atoms with E-state index in [2.05, 4.69) is 0 Å². The van der Waals surface area contributed by atoms with E-state index in [0.717, 1.165) is 13.0 Å². The van der Waals surface area contributed by atoms with Crippen LogP contribution in [0.1, 0.15) is 28.4 Å². The van der Waals surface area contributed by atoms with Crippen LogP contribution in [-0.2, 0) is 0 Å². The van der Waals surface area contributed by atoms with Crippen LogP contribution in [0.3, 0.4) is 0 Å². The van der Waals surface area contributed by atoms with Crippen molar-refractivity contribution in [2.75, 3.05) is 0 Å². The minimum atomic E-state index is -4.36. The molecule has 1 aromatic carbocycles. The number of hydrogen-bond donors (Lipinski definition) is 1. The zero-order chi connectivity index (χ0) is 13.2. The SMILES string of the molecule is CC(=Cc1ccc(C(=O)O)c(C)c1)C(F)(F)F. The van der Waals surface area contributed by atoms with Crippen LogP contribution in [0.2, 0.25) is 0 Å². The Morgan fingerprint density at radius 1 is 1.35 bits per heavy atom. The Morgan fingerprint density at radius 2 is 1.94 bits per heavy atom. The van der Waals surface area contributed by atoms with Gasteiger partial charge in [0.15, 0.2) is 0 Å². The summed E-state index contributed by atoms with van der Waals surface area (Å²) in [6.45, 7) is 2.52. The topological polar surface area (TPSA) is 37.3 Å². The lowest BCUT2D eigenvalue weighted by Crippen LogP contribution is -2.08. The highest BCUT2D eigenvalue weighted by Gasteiger charge is 2.29. The summed E-state index contributed by atoms with van der Waals surface area (Å²) in [6.07, 6.45) is -3.38. The number of benzene rings is 1. The molecule has 0 fully saturated rings. The average Bonchev–Trinajstić information content (AvgIpc) is 2.15. The first kappa shape index (κ1) is 13.3. The van der Waals surface area contributed by atoms with E-state index in [9.17, 15) is 18.0 Å². The molecule has 5 heteroatoms. The second-order valence-corrected chi connectivity index (χ2v) is 3.70. The van der Waals surface area contributed by atoms with Crippen LogP contribution in [0, 0.1) is 6.92 Å². The van der Waals surface area contributed by atoms with Crippen molar-refractivity contribution in [3.05, 3.63) is 40.5 Å². The summed E-state index contributed by atoms with van der Waals surface area (Å²) in [4.78, 5) is 10.7. The highest BCUT2D eigenvalue weighted by atomic mass is 19.4. The summed E-state index contributed by atoms with van der Waals surface area (Å²) in [5.41, 5.74) is 0.135. The molecule has 0 aliphatic carbocycles. The molecule has 1 rings (SSSR count). The maximum absolute atomic E-state index is 12.3. The lowest BCUT2D eigenvalue weighted by atomic mass is 10.0. The number of alkyl halides is 3. The normalized spacial score (nSPS) is 12.6. The van der Waals surface area contributed by atoms with Crippen molar-refractivity contribution in [2.24, 2.45) is 0 Å². The number of carboxylic acid groups (broad SMARTS) is 1. The van der Waals surface area contributed by atoms with Crippen molar-refractivity contribution >= 4 is 12.0 Å². The van der Waals surface area contributed by atoms with Crippen LogP contribution in [0.25, 0.3) is 6.08 Å². The number of halogens is 3. The Kier molecular flexibility index (Phi) is 3.60. The van der Waals surface area contributed by atoms with Crippen molar-refractivity contribution in [3.8, 4) is 0 Å². The lowest BCUT2D eigenvalue weighted by Gasteiger charge is -2.07. The Morgan fingerprint density at radius 3 is 2.35 bits per heavy atom. The maximum Gasteiger partial charge on any atom is 0.412 e. The van der Waals surface area contributed by atoms with Crippen molar-refractivity contribution in [1.82, 2.24) is 0 Å². The summed E-state index contributed by atoms with van der Waals surface area (Å²) < 4.78 is 36.8. The molecule has 0 bridgehead atoms. The molecule has 0 heterocycles. The zero-order valence-corrected chi connectivity index (χ0v) is 9.30. The fourth-order valence-electron chi connectivity index (χ4n) is 1.35. The molecule has 0 amide bonds. The number of hydrogen-bond acceptors (Lipinski definition) is 1. The lowest BCUT2D eigenvalue weighted by molar-refractivity contribution is -0.0903. The van der Waals surface area contributed by atoms with Gasteiger partial charge in [-0.15, -0.1) is 0 Å². The van der Waals surface area contributed by atoms with Crippen molar-refractivity contribution in [1.29, 1.82) is 0 Å². The Balaban J connectivity index is 3.12. The minimum Gasteiger partial charge on any atom is -0.478 e. The molecule has 0 atom stereocenters. The molecule has 0 saturated heterocycles. The number of carboxylic acids is 1. The van der Waals surface area contributed by atoms with E-state index < -0.39 is 17.7 Å². The van der Waals surface area contributed by atoms with Crippen LogP contribution in [0.5, 0.6) is 0 Å². The third-order valence-corrected chi connectivity index (χ3v) is 2.31. The molecule has 2 nitrogen and oxygen atoms in total. The quantitative estimate of drug-likeness (QED) is 0.862. The van der Waals surface area contributed by atoms with Crippen LogP contribution < -0.4 is 0 Å². The van der Waals surface area contributed by atoms with E-state index in [4.69, 9.17) is 5.11 Å². The Bertz CT molecular complexity index is 473. The highest BCUT2D eigenvalue weighted by molar-refractivity contribution is 5.89. The van der Waals surface area contributed by atoms with E-state index in [1.807, 2.05) is 0 Å². The molecule has 0 spiro atoms. The molecule has 0 aliphatic rings. The van der Waals surface area contributed by atoms with Gasteiger partial charge in [0.1, 0.15) is 0 Å². The molecule has 0 aromatic heterocycles. The van der Waals surface area contributed by atoms with Gasteiger partial charge in [0.2, 0.25) is 0 Å². The molecular weight excluding hydrogens is 233 g/mol. The van der Waals surface area contributed by atoms with Crippen molar-refractivity contribution < 1.29 is 23.1 Å². The molecule has 0 unspecified atom stereocenters. The van der Waals surface area contributed by atoms with E-state index in [1.54, 1.807) is 6.92 Å². The van der Waals surface area contributed by atoms with Gasteiger partial charge < -0.3 is 5.11 Å². The summed E-state index contributed by atoms with van der Waals surface area (Å²) in [5.74, 6) is -1.09. The third-order valence-electron chi connectivity index (χ3n) is 2.31. The second-order valence-electron chi connectivity index (χ2n) is 3.70. The first-order valence-electron chi connectivity index (χ1n) is 4.81. The van der Waals surface area contributed by atoms with Crippen LogP contribution in [0.4, 0.5) is 13.2 Å². The number of allylic oxidation sites excluding steroid dienone is 1. The first-order valence-corrected chi connectivity index (χ1v) is 4.81. The van der Waals surface area contributed by atoms with Gasteiger partial charge >= 0.3 is 12.1 Å². The predicted octanol–water partition coefficient (Wildman–Crippen LogP) is 3.66. The minimum absolute atomic E-state index is 0.0896. The molecular formula is C12H11F3O2. The van der Waals surface area contributed by atoms with Crippen molar-refractivity contribution in [3.63, 3.8) is 0 Å². The third kappa shape index (κ3) is 3.34. The van der Waals surface area contributed by atoms with E-state index in [1.165, 1.54) is 18.2 Å². The van der Waals surface area contributed by atoms with Gasteiger partial charge in [0, 0.05) is 5.57 Å². The Hall–Kier alpha value is -1.78. The standard InChI is InChI=1S/C12H11F3O2/c1-7-5-9(3-4-10(7)11(16)17)6-8(2)12(13,14)15/h3-6H,1-2H3,(H,16,17). The number of carbonyl (C=O) groups is 1. The van der Waals surface area contributed by atoms with Gasteiger partial charge in [-0.25, -0.2) is 4.79 Å². The Labute approximate surface area is 96.4 Å². The molecule has 92 valence electrons. The fraction of sp³-hybridized carbons (Fsp3) is 0.250. The highest BCUT2D eigenvalue weighted by Crippen LogP contribution is 2.27. The molecule has 1 N–H and O–H groups in total. The predicted molar refractivity (Wildman–Crippen MR) is 57.8 cm³/mol. The van der Waals surface area contributed by atoms with Gasteiger partial charge in [-0.05, 0) is 37.1 Å². The summed E-state index contributed by atoms with van der Waals surface area (Å²) in [6, 6.07) is 4.07. The molecule has 1 aromatic rings. The molecule has 0 radical (unpaired) electrons. The smallest absolute Gasteiger partial charge is 0.412 e. The average molecular weight is 244 g/mol. The number of aryl methyl sites for hydroxylation is 1. The van der Waals surface area contributed by atoms with E-state index >= 15 is 0 Å². The van der Waals surface area contributed by atoms with Gasteiger partial charge in [0.05, 0.1) is 5.56 Å². The maximum atomic E-state index is 12.3. The molecule has 17 heavy (non-hydrogen) atoms. The van der Waals surface area contributed by atoms with Gasteiger partial charge in [0.25, 0.3) is 0 Å². The van der Waals surface area contributed by atoms with Crippen LogP contribution >= 0.6 is 0 Å². The van der Waals surface area contributed by atoms with Gasteiger partial charge in [-0.2, -0.15) is 13.2 Å². The zero-order valence-electron chi connectivity index (χ0n) is 9.30. The van der Waals surface area contributed by atoms with Gasteiger partial charge in [-0.1, -0.05) is 12.1 Å². The summed E-state index contributed by atoms with van der Waals surface area (Å²) in [5, 5.41) is 8.77. The van der Waals surface area contributed by atoms with Crippen molar-refractivity contribution in [2.45, 2.75) is 20.0 Å². The molecule has 0 aliphatic heterocycles. The van der Waals surface area contributed by atoms with E-state index in [0.29, 0.717) is 11.1 Å². The van der Waals surface area contributed by atoms with Crippen LogP contribution in [0.15, 0.2) is 23.8 Å². The fourth-order valence-corrected chi connectivity index (χ4v) is 1.35. The van der Waals surface area contributed by atoms with Gasteiger partial charge in [-0.3, -0.25) is 0 Å². The number of aromatic carboxylic acids is 1. The first-order chi connectivity index (χ1) is 7.71. The molecule has 0 saturated carbocycles. The summed E-state index contributed by atoms with van der Waals surface area (Å²) in [7, 11) is 0. The van der Waals surface area contributed by atoms with E-state index in [-0.39, 0.29) is 5.56 Å². The number of rotatable bonds is 2. The summed E-state index contributed by atoms with van der Waals surface area (Å²) >= 11 is 0. The largest absolute Gasteiger partial charge is 0.478 e.